The Labute approximate surface area is 159 Å². The van der Waals surface area contributed by atoms with Crippen molar-refractivity contribution >= 4 is 23.2 Å². The Hall–Kier alpha value is -0.626. The van der Waals surface area contributed by atoms with Crippen LogP contribution in [0.4, 0.5) is 0 Å². The summed E-state index contributed by atoms with van der Waals surface area (Å²) in [6.07, 6.45) is 3.64. The van der Waals surface area contributed by atoms with Crippen LogP contribution in [0.1, 0.15) is 38.8 Å². The summed E-state index contributed by atoms with van der Waals surface area (Å²) < 4.78 is 0. The summed E-state index contributed by atoms with van der Waals surface area (Å²) in [6.45, 7) is 8.50. The SMILES string of the molecule is CC(C)(CCl)c1ccnc(-c2cc(C(C)(C)CCl)ccn2)c1.[Ni]. The minimum absolute atomic E-state index is 0. The number of hydrogen-bond acceptors (Lipinski definition) is 2. The van der Waals surface area contributed by atoms with E-state index in [1.165, 1.54) is 0 Å². The summed E-state index contributed by atoms with van der Waals surface area (Å²) in [5.41, 5.74) is 3.87. The van der Waals surface area contributed by atoms with Crippen LogP contribution in [0.3, 0.4) is 0 Å². The van der Waals surface area contributed by atoms with E-state index in [9.17, 15) is 0 Å². The first kappa shape index (κ1) is 20.4. The molecule has 0 aliphatic rings. The Morgan fingerprint density at radius 3 is 1.43 bits per heavy atom. The van der Waals surface area contributed by atoms with E-state index in [0.717, 1.165) is 22.5 Å². The fourth-order valence-electron chi connectivity index (χ4n) is 2.14. The fourth-order valence-corrected chi connectivity index (χ4v) is 2.45. The summed E-state index contributed by atoms with van der Waals surface area (Å²) in [5.74, 6) is 1.12. The molecule has 0 radical (unpaired) electrons. The van der Waals surface area contributed by atoms with Crippen LogP contribution in [-0.4, -0.2) is 21.7 Å². The monoisotopic (exact) mass is 394 g/mol. The van der Waals surface area contributed by atoms with Crippen LogP contribution in [0.15, 0.2) is 36.7 Å². The van der Waals surface area contributed by atoms with Crippen LogP contribution in [0.5, 0.6) is 0 Å². The predicted molar refractivity (Wildman–Crippen MR) is 95.0 cm³/mol. The van der Waals surface area contributed by atoms with Gasteiger partial charge in [0.05, 0.1) is 11.4 Å². The molecule has 2 aromatic heterocycles. The van der Waals surface area contributed by atoms with Crippen LogP contribution >= 0.6 is 23.2 Å². The quantitative estimate of drug-likeness (QED) is 0.515. The summed E-state index contributed by atoms with van der Waals surface area (Å²) in [5, 5.41) is 0. The van der Waals surface area contributed by atoms with Crippen LogP contribution in [-0.2, 0) is 27.3 Å². The van der Waals surface area contributed by atoms with E-state index in [-0.39, 0.29) is 27.3 Å². The maximum atomic E-state index is 6.08. The Bertz CT molecular complexity index is 599. The van der Waals surface area contributed by atoms with Crippen molar-refractivity contribution in [3.8, 4) is 11.4 Å². The van der Waals surface area contributed by atoms with Crippen molar-refractivity contribution in [2.24, 2.45) is 0 Å². The van der Waals surface area contributed by atoms with E-state index in [2.05, 4.69) is 49.8 Å². The van der Waals surface area contributed by atoms with E-state index < -0.39 is 0 Å². The molecule has 23 heavy (non-hydrogen) atoms. The van der Waals surface area contributed by atoms with Crippen molar-refractivity contribution in [2.45, 2.75) is 38.5 Å². The molecule has 0 amide bonds. The molecule has 0 N–H and O–H groups in total. The first-order valence-electron chi connectivity index (χ1n) is 7.35. The van der Waals surface area contributed by atoms with Gasteiger partial charge in [0.2, 0.25) is 0 Å². The summed E-state index contributed by atoms with van der Waals surface area (Å²) >= 11 is 12.2. The third-order valence-electron chi connectivity index (χ3n) is 4.01. The summed E-state index contributed by atoms with van der Waals surface area (Å²) in [7, 11) is 0. The molecule has 0 unspecified atom stereocenters. The molecule has 2 heterocycles. The molecule has 128 valence electrons. The second kappa shape index (κ2) is 7.97. The fraction of sp³-hybridized carbons (Fsp3) is 0.444. The molecule has 0 fully saturated rings. The summed E-state index contributed by atoms with van der Waals surface area (Å²) in [6, 6.07) is 8.17. The van der Waals surface area contributed by atoms with Gasteiger partial charge in [0.25, 0.3) is 0 Å². The van der Waals surface area contributed by atoms with Crippen molar-refractivity contribution in [3.05, 3.63) is 47.8 Å². The number of nitrogens with zero attached hydrogens (tertiary/aromatic N) is 2. The van der Waals surface area contributed by atoms with E-state index in [1.807, 2.05) is 24.5 Å². The zero-order valence-corrected chi connectivity index (χ0v) is 16.3. The molecule has 0 saturated heterocycles. The second-order valence-electron chi connectivity index (χ2n) is 6.89. The number of hydrogen-bond donors (Lipinski definition) is 0. The van der Waals surface area contributed by atoms with Crippen molar-refractivity contribution in [1.82, 2.24) is 9.97 Å². The number of rotatable bonds is 5. The van der Waals surface area contributed by atoms with E-state index in [0.29, 0.717) is 11.8 Å². The number of pyridine rings is 2. The zero-order chi connectivity index (χ0) is 16.4. The Kier molecular flexibility index (Phi) is 7.07. The van der Waals surface area contributed by atoms with Crippen molar-refractivity contribution in [3.63, 3.8) is 0 Å². The second-order valence-corrected chi connectivity index (χ2v) is 7.43. The van der Waals surface area contributed by atoms with E-state index in [1.54, 1.807) is 0 Å². The van der Waals surface area contributed by atoms with E-state index >= 15 is 0 Å². The first-order chi connectivity index (χ1) is 10.3. The predicted octanol–water partition coefficient (Wildman–Crippen LogP) is 5.17. The standard InChI is InChI=1S/C18H22Cl2N2.Ni/c1-17(2,11-19)13-5-7-21-15(9-13)16-10-14(6-8-22-16)18(3,4)12-20;/h5-10H,11-12H2,1-4H3;. The van der Waals surface area contributed by atoms with Gasteiger partial charge >= 0.3 is 0 Å². The van der Waals surface area contributed by atoms with Crippen molar-refractivity contribution < 1.29 is 16.5 Å². The van der Waals surface area contributed by atoms with Gasteiger partial charge < -0.3 is 0 Å². The Balaban J connectivity index is 0.00000264. The Morgan fingerprint density at radius 2 is 1.13 bits per heavy atom. The molecular weight excluding hydrogens is 374 g/mol. The third kappa shape index (κ3) is 4.69. The molecule has 0 aromatic carbocycles. The molecule has 0 bridgehead atoms. The van der Waals surface area contributed by atoms with Gasteiger partial charge in [-0.1, -0.05) is 27.7 Å². The van der Waals surface area contributed by atoms with Crippen molar-refractivity contribution in [2.75, 3.05) is 11.8 Å². The van der Waals surface area contributed by atoms with Gasteiger partial charge in [-0.2, -0.15) is 0 Å². The minimum atomic E-state index is -0.0910. The minimum Gasteiger partial charge on any atom is -0.255 e. The molecule has 0 saturated carbocycles. The molecule has 0 atom stereocenters. The smallest absolute Gasteiger partial charge is 0.0889 e. The van der Waals surface area contributed by atoms with Gasteiger partial charge in [-0.25, -0.2) is 0 Å². The molecule has 5 heteroatoms. The van der Waals surface area contributed by atoms with Crippen LogP contribution < -0.4 is 0 Å². The zero-order valence-electron chi connectivity index (χ0n) is 13.8. The third-order valence-corrected chi connectivity index (χ3v) is 5.35. The molecule has 2 nitrogen and oxygen atoms in total. The molecule has 0 spiro atoms. The molecule has 2 rings (SSSR count). The topological polar surface area (TPSA) is 25.8 Å². The van der Waals surface area contributed by atoms with Gasteiger partial charge in [0.15, 0.2) is 0 Å². The molecular formula is C18H22Cl2N2Ni. The Morgan fingerprint density at radius 1 is 0.783 bits per heavy atom. The van der Waals surface area contributed by atoms with Crippen molar-refractivity contribution in [1.29, 1.82) is 0 Å². The van der Waals surface area contributed by atoms with Gasteiger partial charge in [-0.15, -0.1) is 23.2 Å². The van der Waals surface area contributed by atoms with E-state index in [4.69, 9.17) is 23.2 Å². The average molecular weight is 396 g/mol. The van der Waals surface area contributed by atoms with Crippen LogP contribution in [0.2, 0.25) is 0 Å². The largest absolute Gasteiger partial charge is 0.255 e. The molecule has 0 aliphatic heterocycles. The van der Waals surface area contributed by atoms with Gasteiger partial charge in [0, 0.05) is 51.5 Å². The molecule has 0 aliphatic carbocycles. The summed E-state index contributed by atoms with van der Waals surface area (Å²) in [4.78, 5) is 8.94. The van der Waals surface area contributed by atoms with Gasteiger partial charge in [-0.05, 0) is 35.4 Å². The number of aromatic nitrogens is 2. The van der Waals surface area contributed by atoms with Gasteiger partial charge in [-0.3, -0.25) is 9.97 Å². The van der Waals surface area contributed by atoms with Gasteiger partial charge in [0.1, 0.15) is 0 Å². The number of alkyl halides is 2. The van der Waals surface area contributed by atoms with Crippen LogP contribution in [0, 0.1) is 0 Å². The average Bonchev–Trinajstić information content (AvgIpc) is 2.55. The number of halogens is 2. The maximum absolute atomic E-state index is 6.08. The molecule has 2 aromatic rings. The maximum Gasteiger partial charge on any atom is 0.0889 e. The normalized spacial score (nSPS) is 11.9. The van der Waals surface area contributed by atoms with Crippen LogP contribution in [0.25, 0.3) is 11.4 Å². The first-order valence-corrected chi connectivity index (χ1v) is 8.42.